The Kier molecular flexibility index (Phi) is 5.33. The van der Waals surface area contributed by atoms with Crippen molar-refractivity contribution >= 4 is 18.3 Å². The highest BCUT2D eigenvalue weighted by molar-refractivity contribution is 5.92. The Hall–Kier alpha value is -1.12. The van der Waals surface area contributed by atoms with Gasteiger partial charge >= 0.3 is 0 Å². The lowest BCUT2D eigenvalue weighted by molar-refractivity contribution is -0.115. The summed E-state index contributed by atoms with van der Waals surface area (Å²) in [6.07, 6.45) is 0.874. The van der Waals surface area contributed by atoms with Gasteiger partial charge in [0.2, 0.25) is 5.91 Å². The Bertz CT molecular complexity index is 401. The molecule has 0 aromatic rings. The molecular formula is C11H17ClN2O5. The molecule has 7 nitrogen and oxygen atoms in total. The zero-order valence-electron chi connectivity index (χ0n) is 10.0. The molecule has 0 bridgehead atoms. The number of ether oxygens (including phenoxy) is 1. The van der Waals surface area contributed by atoms with E-state index < -0.39 is 30.4 Å². The van der Waals surface area contributed by atoms with Crippen molar-refractivity contribution in [2.45, 2.75) is 24.5 Å². The molecule has 5 N–H and O–H groups in total. The van der Waals surface area contributed by atoms with Gasteiger partial charge in [0.05, 0.1) is 13.2 Å². The van der Waals surface area contributed by atoms with Crippen LogP contribution in [0.3, 0.4) is 0 Å². The van der Waals surface area contributed by atoms with Gasteiger partial charge in [-0.15, -0.1) is 12.4 Å². The van der Waals surface area contributed by atoms with Crippen LogP contribution in [0.4, 0.5) is 0 Å². The summed E-state index contributed by atoms with van der Waals surface area (Å²) in [6.45, 7) is -0.191. The lowest BCUT2D eigenvalue weighted by Gasteiger charge is -2.31. The SMILES string of the molecule is Cl.NC(=O)C1=CC=CN([C@@H]2O[C@H](CO)[C@@H](O)[C@H]2O)C1. The first-order valence-electron chi connectivity index (χ1n) is 5.60. The number of halogens is 1. The first kappa shape index (κ1) is 15.9. The second-order valence-corrected chi connectivity index (χ2v) is 4.30. The minimum atomic E-state index is -1.16. The van der Waals surface area contributed by atoms with E-state index in [0.29, 0.717) is 5.57 Å². The molecule has 19 heavy (non-hydrogen) atoms. The molecule has 1 fully saturated rings. The predicted octanol–water partition coefficient (Wildman–Crippen LogP) is -1.91. The van der Waals surface area contributed by atoms with Gasteiger partial charge in [0.15, 0.2) is 6.23 Å². The fourth-order valence-electron chi connectivity index (χ4n) is 2.06. The summed E-state index contributed by atoms with van der Waals surface area (Å²) in [4.78, 5) is 12.6. The van der Waals surface area contributed by atoms with E-state index in [9.17, 15) is 15.0 Å². The third kappa shape index (κ3) is 3.07. The van der Waals surface area contributed by atoms with Crippen LogP contribution in [-0.4, -0.2) is 63.8 Å². The normalized spacial score (nSPS) is 33.8. The quantitative estimate of drug-likeness (QED) is 0.482. The monoisotopic (exact) mass is 292 g/mol. The van der Waals surface area contributed by atoms with E-state index in [-0.39, 0.29) is 25.6 Å². The molecule has 4 atom stereocenters. The van der Waals surface area contributed by atoms with Crippen molar-refractivity contribution in [3.63, 3.8) is 0 Å². The lowest BCUT2D eigenvalue weighted by atomic mass is 10.1. The molecule has 2 aliphatic rings. The Morgan fingerprint density at radius 2 is 2.16 bits per heavy atom. The fraction of sp³-hybridized carbons (Fsp3) is 0.545. The topological polar surface area (TPSA) is 116 Å². The number of nitrogens with zero attached hydrogens (tertiary/aromatic N) is 1. The van der Waals surface area contributed by atoms with Crippen molar-refractivity contribution in [1.29, 1.82) is 0 Å². The van der Waals surface area contributed by atoms with Crippen LogP contribution in [0.25, 0.3) is 0 Å². The Morgan fingerprint density at radius 1 is 1.47 bits per heavy atom. The number of rotatable bonds is 3. The Balaban J connectivity index is 0.00000180. The highest BCUT2D eigenvalue weighted by Gasteiger charge is 2.44. The maximum Gasteiger partial charge on any atom is 0.246 e. The zero-order valence-corrected chi connectivity index (χ0v) is 10.9. The minimum absolute atomic E-state index is 0. The third-order valence-electron chi connectivity index (χ3n) is 3.09. The number of hydrogen-bond donors (Lipinski definition) is 4. The van der Waals surface area contributed by atoms with Crippen LogP contribution >= 0.6 is 12.4 Å². The van der Waals surface area contributed by atoms with Gasteiger partial charge in [-0.2, -0.15) is 0 Å². The minimum Gasteiger partial charge on any atom is -0.394 e. The van der Waals surface area contributed by atoms with E-state index in [1.165, 1.54) is 0 Å². The molecule has 0 aliphatic carbocycles. The number of aliphatic hydroxyl groups is 3. The van der Waals surface area contributed by atoms with Gasteiger partial charge < -0.3 is 30.7 Å². The van der Waals surface area contributed by atoms with Crippen molar-refractivity contribution in [1.82, 2.24) is 4.90 Å². The zero-order chi connectivity index (χ0) is 13.3. The summed E-state index contributed by atoms with van der Waals surface area (Å²) in [5.41, 5.74) is 5.57. The van der Waals surface area contributed by atoms with Crippen LogP contribution in [0, 0.1) is 0 Å². The molecule has 0 radical (unpaired) electrons. The van der Waals surface area contributed by atoms with Crippen LogP contribution in [-0.2, 0) is 9.53 Å². The third-order valence-corrected chi connectivity index (χ3v) is 3.09. The van der Waals surface area contributed by atoms with Gasteiger partial charge in [0.25, 0.3) is 0 Å². The molecule has 2 heterocycles. The molecule has 108 valence electrons. The van der Waals surface area contributed by atoms with E-state index in [4.69, 9.17) is 15.6 Å². The summed E-state index contributed by atoms with van der Waals surface area (Å²) in [5, 5.41) is 28.5. The van der Waals surface area contributed by atoms with Gasteiger partial charge in [0, 0.05) is 11.8 Å². The standard InChI is InChI=1S/C11H16N2O5.ClH/c12-10(17)6-2-1-3-13(4-6)11-9(16)8(15)7(5-14)18-11;/h1-3,7-9,11,14-16H,4-5H2,(H2,12,17);1H/t7-,8-,9-,11-;/m1./s1. The lowest BCUT2D eigenvalue weighted by Crippen LogP contribution is -2.43. The van der Waals surface area contributed by atoms with Crippen molar-refractivity contribution in [2.24, 2.45) is 5.73 Å². The number of primary amides is 1. The maximum absolute atomic E-state index is 11.1. The van der Waals surface area contributed by atoms with Crippen molar-refractivity contribution < 1.29 is 24.9 Å². The molecule has 0 aromatic heterocycles. The molecule has 0 aromatic carbocycles. The maximum atomic E-state index is 11.1. The molecule has 8 heteroatoms. The molecule has 2 aliphatic heterocycles. The van der Waals surface area contributed by atoms with Crippen molar-refractivity contribution in [3.8, 4) is 0 Å². The Morgan fingerprint density at radius 3 is 2.68 bits per heavy atom. The van der Waals surface area contributed by atoms with Crippen LogP contribution in [0.1, 0.15) is 0 Å². The van der Waals surface area contributed by atoms with Crippen LogP contribution in [0.2, 0.25) is 0 Å². The van der Waals surface area contributed by atoms with E-state index in [1.54, 1.807) is 23.3 Å². The van der Waals surface area contributed by atoms with Crippen LogP contribution in [0.5, 0.6) is 0 Å². The van der Waals surface area contributed by atoms with E-state index in [2.05, 4.69) is 0 Å². The first-order valence-corrected chi connectivity index (χ1v) is 5.60. The molecule has 1 amide bonds. The molecule has 0 unspecified atom stereocenters. The number of carbonyl (C=O) groups excluding carboxylic acids is 1. The number of allylic oxidation sites excluding steroid dienone is 2. The first-order chi connectivity index (χ1) is 8.54. The summed E-state index contributed by atoms with van der Waals surface area (Å²) in [6, 6.07) is 0. The number of aliphatic hydroxyl groups excluding tert-OH is 3. The van der Waals surface area contributed by atoms with Gasteiger partial charge in [-0.3, -0.25) is 4.79 Å². The molecule has 1 saturated heterocycles. The molecular weight excluding hydrogens is 276 g/mol. The number of carbonyl (C=O) groups is 1. The predicted molar refractivity (Wildman–Crippen MR) is 68.1 cm³/mol. The second-order valence-electron chi connectivity index (χ2n) is 4.30. The van der Waals surface area contributed by atoms with E-state index >= 15 is 0 Å². The van der Waals surface area contributed by atoms with E-state index in [0.717, 1.165) is 0 Å². The molecule has 0 saturated carbocycles. The van der Waals surface area contributed by atoms with Crippen molar-refractivity contribution in [2.75, 3.05) is 13.2 Å². The highest BCUT2D eigenvalue weighted by Crippen LogP contribution is 2.25. The fourth-order valence-corrected chi connectivity index (χ4v) is 2.06. The molecule has 2 rings (SSSR count). The largest absolute Gasteiger partial charge is 0.394 e. The van der Waals surface area contributed by atoms with E-state index in [1.807, 2.05) is 0 Å². The molecule has 0 spiro atoms. The number of hydrogen-bond acceptors (Lipinski definition) is 6. The second kappa shape index (κ2) is 6.36. The summed E-state index contributed by atoms with van der Waals surface area (Å²) in [5.74, 6) is -0.545. The van der Waals surface area contributed by atoms with Gasteiger partial charge in [0.1, 0.15) is 18.3 Å². The van der Waals surface area contributed by atoms with Crippen LogP contribution < -0.4 is 5.73 Å². The van der Waals surface area contributed by atoms with Gasteiger partial charge in [-0.25, -0.2) is 0 Å². The van der Waals surface area contributed by atoms with Crippen molar-refractivity contribution in [3.05, 3.63) is 23.9 Å². The van der Waals surface area contributed by atoms with Gasteiger partial charge in [-0.1, -0.05) is 6.08 Å². The average molecular weight is 293 g/mol. The number of amides is 1. The van der Waals surface area contributed by atoms with Crippen LogP contribution in [0.15, 0.2) is 23.9 Å². The summed E-state index contributed by atoms with van der Waals surface area (Å²) in [7, 11) is 0. The summed E-state index contributed by atoms with van der Waals surface area (Å²) >= 11 is 0. The average Bonchev–Trinajstić information content (AvgIpc) is 2.66. The van der Waals surface area contributed by atoms with Gasteiger partial charge in [-0.05, 0) is 6.08 Å². The highest BCUT2D eigenvalue weighted by atomic mass is 35.5. The smallest absolute Gasteiger partial charge is 0.246 e. The summed E-state index contributed by atoms with van der Waals surface area (Å²) < 4.78 is 5.35. The Labute approximate surface area is 116 Å². The number of nitrogens with two attached hydrogens (primary N) is 1.